The number of nitrogens with one attached hydrogen (secondary N) is 1. The zero-order valence-electron chi connectivity index (χ0n) is 12.1. The third-order valence-electron chi connectivity index (χ3n) is 4.36. The van der Waals surface area contributed by atoms with Gasteiger partial charge in [-0.2, -0.15) is 11.8 Å². The monoisotopic (exact) mass is 320 g/mol. The highest BCUT2D eigenvalue weighted by Crippen LogP contribution is 2.40. The Balaban J connectivity index is 1.76. The summed E-state index contributed by atoms with van der Waals surface area (Å²) in [6.07, 6.45) is 7.06. The second-order valence-electron chi connectivity index (χ2n) is 5.62. The Kier molecular flexibility index (Phi) is 4.13. The molecule has 3 N–H and O–H groups in total. The molecule has 1 amide bonds. The van der Waals surface area contributed by atoms with Crippen LogP contribution in [0.1, 0.15) is 35.4 Å². The average molecular weight is 320 g/mol. The molecular formula is C16H20N2OS2. The van der Waals surface area contributed by atoms with Crippen LogP contribution in [-0.4, -0.2) is 23.5 Å². The van der Waals surface area contributed by atoms with Crippen molar-refractivity contribution >= 4 is 44.8 Å². The maximum Gasteiger partial charge on any atom is 0.263 e. The summed E-state index contributed by atoms with van der Waals surface area (Å²) in [6, 6.07) is 7.90. The van der Waals surface area contributed by atoms with E-state index in [9.17, 15) is 4.79 Å². The van der Waals surface area contributed by atoms with Crippen LogP contribution in [0.25, 0.3) is 10.1 Å². The highest BCUT2D eigenvalue weighted by atomic mass is 32.2. The molecule has 5 heteroatoms. The first kappa shape index (κ1) is 14.7. The molecule has 1 heterocycles. The molecule has 3 rings (SSSR count). The van der Waals surface area contributed by atoms with E-state index in [0.29, 0.717) is 10.6 Å². The molecule has 1 saturated carbocycles. The van der Waals surface area contributed by atoms with Crippen molar-refractivity contribution in [2.24, 2.45) is 0 Å². The fourth-order valence-corrected chi connectivity index (χ4v) is 4.98. The maximum atomic E-state index is 12.5. The number of amides is 1. The van der Waals surface area contributed by atoms with Crippen LogP contribution in [0.3, 0.4) is 0 Å². The number of hydrogen-bond donors (Lipinski definition) is 2. The highest BCUT2D eigenvalue weighted by Gasteiger charge is 2.33. The minimum Gasteiger partial charge on any atom is -0.397 e. The van der Waals surface area contributed by atoms with Gasteiger partial charge in [0.05, 0.1) is 5.69 Å². The Morgan fingerprint density at radius 2 is 2.10 bits per heavy atom. The fourth-order valence-electron chi connectivity index (χ4n) is 3.03. The summed E-state index contributed by atoms with van der Waals surface area (Å²) in [5.74, 6) is -0.0333. The van der Waals surface area contributed by atoms with Crippen LogP contribution in [0.15, 0.2) is 24.3 Å². The van der Waals surface area contributed by atoms with Gasteiger partial charge in [-0.25, -0.2) is 0 Å². The van der Waals surface area contributed by atoms with Crippen molar-refractivity contribution in [2.75, 3.05) is 18.5 Å². The van der Waals surface area contributed by atoms with Crippen molar-refractivity contribution in [2.45, 2.75) is 30.4 Å². The van der Waals surface area contributed by atoms with Gasteiger partial charge in [0, 0.05) is 21.4 Å². The summed E-state index contributed by atoms with van der Waals surface area (Å²) in [5.41, 5.74) is 6.74. The highest BCUT2D eigenvalue weighted by molar-refractivity contribution is 8.00. The minimum absolute atomic E-state index is 0.0333. The van der Waals surface area contributed by atoms with E-state index in [1.165, 1.54) is 37.0 Å². The number of carbonyl (C=O) groups is 1. The van der Waals surface area contributed by atoms with Crippen LogP contribution in [0.2, 0.25) is 0 Å². The van der Waals surface area contributed by atoms with Crippen LogP contribution in [-0.2, 0) is 0 Å². The molecule has 0 spiro atoms. The first-order valence-electron chi connectivity index (χ1n) is 7.25. The molecule has 0 radical (unpaired) electrons. The number of carbonyl (C=O) groups excluding carboxylic acids is 1. The Morgan fingerprint density at radius 3 is 2.76 bits per heavy atom. The van der Waals surface area contributed by atoms with Crippen molar-refractivity contribution < 1.29 is 4.79 Å². The van der Waals surface area contributed by atoms with Gasteiger partial charge in [-0.1, -0.05) is 31.0 Å². The van der Waals surface area contributed by atoms with Crippen molar-refractivity contribution in [3.05, 3.63) is 29.1 Å². The summed E-state index contributed by atoms with van der Waals surface area (Å²) < 4.78 is 1.29. The van der Waals surface area contributed by atoms with Crippen LogP contribution in [0.4, 0.5) is 5.69 Å². The normalized spacial score (nSPS) is 17.2. The van der Waals surface area contributed by atoms with Crippen molar-refractivity contribution in [1.29, 1.82) is 0 Å². The SMILES string of the molecule is CSC1(CNC(=O)c2sc3ccccc3c2N)CCCC1. The van der Waals surface area contributed by atoms with E-state index < -0.39 is 0 Å². The molecule has 1 aromatic carbocycles. The first-order valence-corrected chi connectivity index (χ1v) is 9.30. The van der Waals surface area contributed by atoms with Gasteiger partial charge in [0.25, 0.3) is 5.91 Å². The van der Waals surface area contributed by atoms with Gasteiger partial charge in [0.1, 0.15) is 4.88 Å². The first-order chi connectivity index (χ1) is 10.2. The summed E-state index contributed by atoms with van der Waals surface area (Å²) >= 11 is 3.36. The van der Waals surface area contributed by atoms with E-state index in [2.05, 4.69) is 11.6 Å². The lowest BCUT2D eigenvalue weighted by Gasteiger charge is -2.26. The predicted octanol–water partition coefficient (Wildman–Crippen LogP) is 3.89. The van der Waals surface area contributed by atoms with Gasteiger partial charge < -0.3 is 11.1 Å². The summed E-state index contributed by atoms with van der Waals surface area (Å²) in [6.45, 7) is 0.737. The maximum absolute atomic E-state index is 12.5. The molecule has 0 saturated heterocycles. The summed E-state index contributed by atoms with van der Waals surface area (Å²) in [4.78, 5) is 13.1. The van der Waals surface area contributed by atoms with E-state index in [4.69, 9.17) is 5.73 Å². The molecule has 0 atom stereocenters. The lowest BCUT2D eigenvalue weighted by Crippen LogP contribution is -2.38. The average Bonchev–Trinajstić information content (AvgIpc) is 3.11. The standard InChI is InChI=1S/C16H20N2OS2/c1-20-16(8-4-5-9-16)10-18-15(19)14-13(17)11-6-2-3-7-12(11)21-14/h2-3,6-7H,4-5,8-10,17H2,1H3,(H,18,19). The Labute approximate surface area is 133 Å². The van der Waals surface area contributed by atoms with Gasteiger partial charge in [0.2, 0.25) is 0 Å². The number of fused-ring (bicyclic) bond motifs is 1. The van der Waals surface area contributed by atoms with Crippen LogP contribution >= 0.6 is 23.1 Å². The topological polar surface area (TPSA) is 55.1 Å². The Hall–Kier alpha value is -1.20. The summed E-state index contributed by atoms with van der Waals surface area (Å²) in [5, 5.41) is 4.08. The van der Waals surface area contributed by atoms with Crippen LogP contribution in [0.5, 0.6) is 0 Å². The number of thiophene rings is 1. The number of anilines is 1. The summed E-state index contributed by atoms with van der Waals surface area (Å²) in [7, 11) is 0. The molecular weight excluding hydrogens is 300 g/mol. The van der Waals surface area contributed by atoms with Crippen molar-refractivity contribution in [3.8, 4) is 0 Å². The van der Waals surface area contributed by atoms with E-state index in [-0.39, 0.29) is 10.7 Å². The van der Waals surface area contributed by atoms with Gasteiger partial charge in [-0.15, -0.1) is 11.3 Å². The molecule has 1 aliphatic rings. The second kappa shape index (κ2) is 5.89. The molecule has 21 heavy (non-hydrogen) atoms. The molecule has 112 valence electrons. The van der Waals surface area contributed by atoms with Crippen LogP contribution in [0, 0.1) is 0 Å². The number of rotatable bonds is 4. The molecule has 2 aromatic rings. The van der Waals surface area contributed by atoms with E-state index in [0.717, 1.165) is 16.6 Å². The largest absolute Gasteiger partial charge is 0.397 e. The molecule has 1 aromatic heterocycles. The molecule has 3 nitrogen and oxygen atoms in total. The molecule has 0 aliphatic heterocycles. The zero-order chi connectivity index (χ0) is 14.9. The van der Waals surface area contributed by atoms with Gasteiger partial charge in [-0.05, 0) is 25.2 Å². The number of nitrogen functional groups attached to an aromatic ring is 1. The van der Waals surface area contributed by atoms with Crippen molar-refractivity contribution in [1.82, 2.24) is 5.32 Å². The third kappa shape index (κ3) is 2.77. The van der Waals surface area contributed by atoms with E-state index in [1.54, 1.807) is 0 Å². The minimum atomic E-state index is -0.0333. The zero-order valence-corrected chi connectivity index (χ0v) is 13.8. The molecule has 1 fully saturated rings. The van der Waals surface area contributed by atoms with Gasteiger partial charge in [0.15, 0.2) is 0 Å². The number of benzene rings is 1. The quantitative estimate of drug-likeness (QED) is 0.898. The Bertz CT molecular complexity index is 659. The molecule has 0 unspecified atom stereocenters. The smallest absolute Gasteiger partial charge is 0.263 e. The lowest BCUT2D eigenvalue weighted by atomic mass is 10.1. The Morgan fingerprint density at radius 1 is 1.38 bits per heavy atom. The van der Waals surface area contributed by atoms with Gasteiger partial charge in [-0.3, -0.25) is 4.79 Å². The number of nitrogens with two attached hydrogens (primary N) is 1. The van der Waals surface area contributed by atoms with E-state index in [1.807, 2.05) is 36.0 Å². The fraction of sp³-hybridized carbons (Fsp3) is 0.438. The van der Waals surface area contributed by atoms with E-state index >= 15 is 0 Å². The van der Waals surface area contributed by atoms with Crippen LogP contribution < -0.4 is 11.1 Å². The third-order valence-corrected chi connectivity index (χ3v) is 6.96. The van der Waals surface area contributed by atoms with Gasteiger partial charge >= 0.3 is 0 Å². The number of hydrogen-bond acceptors (Lipinski definition) is 4. The lowest BCUT2D eigenvalue weighted by molar-refractivity contribution is 0.0954. The second-order valence-corrected chi connectivity index (χ2v) is 7.94. The molecule has 0 bridgehead atoms. The molecule has 1 aliphatic carbocycles. The van der Waals surface area contributed by atoms with Crippen molar-refractivity contribution in [3.63, 3.8) is 0 Å². The number of thioether (sulfide) groups is 1. The predicted molar refractivity (Wildman–Crippen MR) is 93.3 cm³/mol.